The summed E-state index contributed by atoms with van der Waals surface area (Å²) in [6.45, 7) is 0.323. The molecule has 0 amide bonds. The molecule has 1 aromatic carbocycles. The highest BCUT2D eigenvalue weighted by atomic mass is 35.5. The summed E-state index contributed by atoms with van der Waals surface area (Å²) in [4.78, 5) is 0. The van der Waals surface area contributed by atoms with Crippen molar-refractivity contribution in [3.05, 3.63) is 22.7 Å². The smallest absolute Gasteiger partial charge is 0.158 e. The average Bonchev–Trinajstić information content (AvgIpc) is 2.11. The molecule has 1 rings (SSSR count). The van der Waals surface area contributed by atoms with E-state index in [2.05, 4.69) is 5.32 Å². The lowest BCUT2D eigenvalue weighted by molar-refractivity contribution is 0.177. The minimum Gasteiger partial charge on any atom is -0.504 e. The van der Waals surface area contributed by atoms with Gasteiger partial charge in [0.15, 0.2) is 11.5 Å². The molecular weight excluding hydrogens is 206 g/mol. The van der Waals surface area contributed by atoms with Crippen LogP contribution in [0.2, 0.25) is 5.02 Å². The van der Waals surface area contributed by atoms with Crippen LogP contribution in [0.3, 0.4) is 0 Å². The van der Waals surface area contributed by atoms with Gasteiger partial charge in [0, 0.05) is 18.2 Å². The molecular formula is C9H12ClNO3. The number of aromatic hydroxyl groups is 2. The zero-order valence-corrected chi connectivity index (χ0v) is 8.41. The molecule has 0 aliphatic heterocycles. The van der Waals surface area contributed by atoms with Gasteiger partial charge in [-0.15, -0.1) is 0 Å². The molecule has 0 radical (unpaired) electrons. The lowest BCUT2D eigenvalue weighted by Crippen LogP contribution is -2.16. The molecule has 0 heterocycles. The van der Waals surface area contributed by atoms with Crippen LogP contribution in [0.4, 0.5) is 0 Å². The quantitative estimate of drug-likeness (QED) is 0.570. The van der Waals surface area contributed by atoms with E-state index in [9.17, 15) is 10.2 Å². The van der Waals surface area contributed by atoms with Crippen LogP contribution in [0.1, 0.15) is 11.7 Å². The van der Waals surface area contributed by atoms with Gasteiger partial charge in [0.05, 0.1) is 11.1 Å². The number of aliphatic hydroxyl groups excluding tert-OH is 1. The number of aliphatic hydroxyl groups is 1. The predicted octanol–water partition coefficient (Wildman–Crippen LogP) is 1.00. The van der Waals surface area contributed by atoms with Gasteiger partial charge >= 0.3 is 0 Å². The first-order chi connectivity index (χ1) is 6.56. The van der Waals surface area contributed by atoms with Gasteiger partial charge in [0.2, 0.25) is 0 Å². The summed E-state index contributed by atoms with van der Waals surface area (Å²) in [5.41, 5.74) is 0.385. The van der Waals surface area contributed by atoms with Gasteiger partial charge in [-0.25, -0.2) is 0 Å². The Labute approximate surface area is 86.8 Å². The zero-order chi connectivity index (χ0) is 10.7. The Kier molecular flexibility index (Phi) is 3.57. The van der Waals surface area contributed by atoms with Gasteiger partial charge in [0.25, 0.3) is 0 Å². The van der Waals surface area contributed by atoms with Crippen molar-refractivity contribution in [2.75, 3.05) is 13.6 Å². The largest absolute Gasteiger partial charge is 0.504 e. The highest BCUT2D eigenvalue weighted by Gasteiger charge is 2.13. The van der Waals surface area contributed by atoms with Crippen LogP contribution in [0.5, 0.6) is 11.5 Å². The van der Waals surface area contributed by atoms with Crippen LogP contribution in [-0.4, -0.2) is 28.9 Å². The summed E-state index contributed by atoms with van der Waals surface area (Å²) in [5.74, 6) is -0.588. The molecule has 4 N–H and O–H groups in total. The van der Waals surface area contributed by atoms with Gasteiger partial charge in [-0.2, -0.15) is 0 Å². The Morgan fingerprint density at radius 1 is 1.36 bits per heavy atom. The fraction of sp³-hybridized carbons (Fsp3) is 0.333. The number of hydrogen-bond acceptors (Lipinski definition) is 4. The van der Waals surface area contributed by atoms with E-state index in [4.69, 9.17) is 16.7 Å². The van der Waals surface area contributed by atoms with Crippen LogP contribution < -0.4 is 5.32 Å². The van der Waals surface area contributed by atoms with Crippen molar-refractivity contribution >= 4 is 11.6 Å². The number of likely N-dealkylation sites (N-methyl/N-ethyl adjacent to an activating group) is 1. The van der Waals surface area contributed by atoms with E-state index in [0.717, 1.165) is 0 Å². The molecule has 1 aromatic rings. The summed E-state index contributed by atoms with van der Waals surface area (Å²) in [6.07, 6.45) is -0.806. The molecule has 5 heteroatoms. The molecule has 0 fully saturated rings. The summed E-state index contributed by atoms with van der Waals surface area (Å²) in [6, 6.07) is 2.45. The normalized spacial score (nSPS) is 12.8. The number of phenolic OH excluding ortho intramolecular Hbond substituents is 2. The van der Waals surface area contributed by atoms with Crippen molar-refractivity contribution in [3.63, 3.8) is 0 Å². The Bertz CT molecular complexity index is 330. The second-order valence-electron chi connectivity index (χ2n) is 2.94. The number of nitrogens with one attached hydrogen (secondary N) is 1. The molecule has 0 spiro atoms. The molecule has 1 atom stereocenters. The highest BCUT2D eigenvalue weighted by Crippen LogP contribution is 2.33. The maximum atomic E-state index is 9.58. The number of benzene rings is 1. The Hall–Kier alpha value is -0.970. The Balaban J connectivity index is 3.02. The number of halogens is 1. The summed E-state index contributed by atoms with van der Waals surface area (Å²) in [5, 5.41) is 30.9. The standard InChI is InChI=1S/C9H12ClNO3/c1-11-4-9(14)5-2-7(12)8(13)3-6(5)10/h2-3,9,11-14H,4H2,1H3/t9-/m0/s1. The summed E-state index contributed by atoms with van der Waals surface area (Å²) < 4.78 is 0. The van der Waals surface area contributed by atoms with Crippen LogP contribution in [0, 0.1) is 0 Å². The highest BCUT2D eigenvalue weighted by molar-refractivity contribution is 6.31. The van der Waals surface area contributed by atoms with Gasteiger partial charge in [0.1, 0.15) is 0 Å². The van der Waals surface area contributed by atoms with E-state index in [0.29, 0.717) is 12.1 Å². The fourth-order valence-electron chi connectivity index (χ4n) is 1.13. The monoisotopic (exact) mass is 217 g/mol. The van der Waals surface area contributed by atoms with Crippen molar-refractivity contribution in [3.8, 4) is 11.5 Å². The van der Waals surface area contributed by atoms with E-state index < -0.39 is 6.10 Å². The third-order valence-corrected chi connectivity index (χ3v) is 2.18. The van der Waals surface area contributed by atoms with E-state index >= 15 is 0 Å². The first-order valence-corrected chi connectivity index (χ1v) is 4.48. The molecule has 0 aromatic heterocycles. The first kappa shape index (κ1) is 11.1. The maximum absolute atomic E-state index is 9.58. The van der Waals surface area contributed by atoms with Gasteiger partial charge in [-0.05, 0) is 13.1 Å². The first-order valence-electron chi connectivity index (χ1n) is 4.10. The summed E-state index contributed by atoms with van der Waals surface area (Å²) in [7, 11) is 1.69. The van der Waals surface area contributed by atoms with Gasteiger partial charge < -0.3 is 20.6 Å². The second kappa shape index (κ2) is 4.50. The molecule has 78 valence electrons. The molecule has 0 unspecified atom stereocenters. The third-order valence-electron chi connectivity index (χ3n) is 1.85. The van der Waals surface area contributed by atoms with Crippen LogP contribution in [-0.2, 0) is 0 Å². The number of hydrogen-bond donors (Lipinski definition) is 4. The minimum absolute atomic E-state index is 0.225. The number of rotatable bonds is 3. The van der Waals surface area contributed by atoms with Crippen molar-refractivity contribution in [2.24, 2.45) is 0 Å². The van der Waals surface area contributed by atoms with Crippen LogP contribution in [0.25, 0.3) is 0 Å². The van der Waals surface area contributed by atoms with Crippen molar-refractivity contribution in [1.82, 2.24) is 5.32 Å². The van der Waals surface area contributed by atoms with E-state index in [-0.39, 0.29) is 16.5 Å². The average molecular weight is 218 g/mol. The van der Waals surface area contributed by atoms with Crippen LogP contribution >= 0.6 is 11.6 Å². The van der Waals surface area contributed by atoms with Crippen LogP contribution in [0.15, 0.2) is 12.1 Å². The van der Waals surface area contributed by atoms with Crippen molar-refractivity contribution < 1.29 is 15.3 Å². The topological polar surface area (TPSA) is 72.7 Å². The molecule has 0 saturated carbocycles. The van der Waals surface area contributed by atoms with Crippen molar-refractivity contribution in [1.29, 1.82) is 0 Å². The lowest BCUT2D eigenvalue weighted by atomic mass is 10.1. The minimum atomic E-state index is -0.806. The predicted molar refractivity (Wildman–Crippen MR) is 53.7 cm³/mol. The van der Waals surface area contributed by atoms with E-state index in [1.54, 1.807) is 7.05 Å². The SMILES string of the molecule is CNC[C@H](O)c1cc(O)c(O)cc1Cl. The molecule has 0 saturated heterocycles. The molecule has 14 heavy (non-hydrogen) atoms. The molecule has 4 nitrogen and oxygen atoms in total. The molecule has 0 bridgehead atoms. The molecule has 0 aliphatic rings. The second-order valence-corrected chi connectivity index (χ2v) is 3.34. The Morgan fingerprint density at radius 2 is 1.93 bits per heavy atom. The van der Waals surface area contributed by atoms with Gasteiger partial charge in [-0.1, -0.05) is 11.6 Å². The fourth-order valence-corrected chi connectivity index (χ4v) is 1.41. The third kappa shape index (κ3) is 2.29. The van der Waals surface area contributed by atoms with Crippen molar-refractivity contribution in [2.45, 2.75) is 6.10 Å². The van der Waals surface area contributed by atoms with E-state index in [1.807, 2.05) is 0 Å². The Morgan fingerprint density at radius 3 is 2.50 bits per heavy atom. The maximum Gasteiger partial charge on any atom is 0.158 e. The van der Waals surface area contributed by atoms with Gasteiger partial charge in [-0.3, -0.25) is 0 Å². The zero-order valence-electron chi connectivity index (χ0n) is 7.66. The lowest BCUT2D eigenvalue weighted by Gasteiger charge is -2.12. The molecule has 0 aliphatic carbocycles. The van der Waals surface area contributed by atoms with E-state index in [1.165, 1.54) is 12.1 Å². The number of phenols is 2. The summed E-state index contributed by atoms with van der Waals surface area (Å²) >= 11 is 5.77.